The molecule has 0 spiro atoms. The highest BCUT2D eigenvalue weighted by Crippen LogP contribution is 2.35. The number of carbonyl (C=O) groups is 3. The molecule has 6 nitrogen and oxygen atoms in total. The van der Waals surface area contributed by atoms with Crippen molar-refractivity contribution in [3.63, 3.8) is 0 Å². The average Bonchev–Trinajstić information content (AvgIpc) is 2.85. The van der Waals surface area contributed by atoms with E-state index in [9.17, 15) is 14.4 Å². The quantitative estimate of drug-likeness (QED) is 0.662. The van der Waals surface area contributed by atoms with Gasteiger partial charge in [0, 0.05) is 20.6 Å². The largest absolute Gasteiger partial charge is 0.348 e. The molecule has 4 amide bonds. The Bertz CT molecular complexity index is 998. The van der Waals surface area contributed by atoms with Crippen molar-refractivity contribution in [2.75, 3.05) is 6.54 Å². The minimum atomic E-state index is -1.40. The summed E-state index contributed by atoms with van der Waals surface area (Å²) >= 11 is 18.3. The van der Waals surface area contributed by atoms with Crippen LogP contribution in [0.1, 0.15) is 31.0 Å². The van der Waals surface area contributed by atoms with Gasteiger partial charge in [0.25, 0.3) is 5.91 Å². The monoisotopic (exact) mass is 453 g/mol. The number of carbonyl (C=O) groups excluding carboxylic acids is 3. The zero-order valence-electron chi connectivity index (χ0n) is 15.6. The molecule has 1 aliphatic rings. The third kappa shape index (κ3) is 4.20. The van der Waals surface area contributed by atoms with Crippen molar-refractivity contribution >= 4 is 52.6 Å². The van der Waals surface area contributed by atoms with Crippen molar-refractivity contribution in [1.82, 2.24) is 15.5 Å². The van der Waals surface area contributed by atoms with Crippen molar-refractivity contribution in [2.45, 2.75) is 25.4 Å². The summed E-state index contributed by atoms with van der Waals surface area (Å²) in [5, 5.41) is 6.53. The van der Waals surface area contributed by atoms with E-state index in [1.165, 1.54) is 13.0 Å². The number of halogens is 3. The first-order valence-corrected chi connectivity index (χ1v) is 9.90. The van der Waals surface area contributed by atoms with Crippen LogP contribution < -0.4 is 10.6 Å². The van der Waals surface area contributed by atoms with E-state index in [1.807, 2.05) is 6.07 Å². The highest BCUT2D eigenvalue weighted by molar-refractivity contribution is 6.35. The molecule has 9 heteroatoms. The van der Waals surface area contributed by atoms with Crippen molar-refractivity contribution in [3.8, 4) is 0 Å². The normalized spacial score (nSPS) is 19.8. The molecule has 2 atom stereocenters. The molecular formula is C20H18Cl3N3O3. The smallest absolute Gasteiger partial charge is 0.325 e. The van der Waals surface area contributed by atoms with Gasteiger partial charge in [0.2, 0.25) is 5.91 Å². The van der Waals surface area contributed by atoms with Crippen molar-refractivity contribution < 1.29 is 14.4 Å². The molecule has 0 aliphatic carbocycles. The number of amides is 4. The Hall–Kier alpha value is -2.28. The van der Waals surface area contributed by atoms with Crippen LogP contribution in [0.2, 0.25) is 15.1 Å². The first kappa shape index (κ1) is 21.4. The van der Waals surface area contributed by atoms with Crippen LogP contribution in [0.4, 0.5) is 4.79 Å². The Kier molecular flexibility index (Phi) is 6.08. The first-order valence-electron chi connectivity index (χ1n) is 8.77. The van der Waals surface area contributed by atoms with E-state index >= 15 is 0 Å². The predicted octanol–water partition coefficient (Wildman–Crippen LogP) is 4.29. The zero-order chi connectivity index (χ0) is 21.3. The summed E-state index contributed by atoms with van der Waals surface area (Å²) in [5.41, 5.74) is -0.264. The Morgan fingerprint density at radius 3 is 2.48 bits per heavy atom. The van der Waals surface area contributed by atoms with Crippen molar-refractivity contribution in [1.29, 1.82) is 0 Å². The van der Waals surface area contributed by atoms with Gasteiger partial charge in [0.1, 0.15) is 12.1 Å². The molecule has 1 heterocycles. The summed E-state index contributed by atoms with van der Waals surface area (Å²) in [6.07, 6.45) is 0. The first-order chi connectivity index (χ1) is 13.6. The van der Waals surface area contributed by atoms with Gasteiger partial charge in [-0.25, -0.2) is 4.79 Å². The van der Waals surface area contributed by atoms with Crippen molar-refractivity contribution in [2.24, 2.45) is 0 Å². The van der Waals surface area contributed by atoms with Gasteiger partial charge in [0.15, 0.2) is 0 Å². The molecule has 2 aromatic rings. The maximum atomic E-state index is 13.0. The summed E-state index contributed by atoms with van der Waals surface area (Å²) in [7, 11) is 0. The van der Waals surface area contributed by atoms with Gasteiger partial charge in [-0.3, -0.25) is 14.5 Å². The lowest BCUT2D eigenvalue weighted by molar-refractivity contribution is -0.135. The number of hydrogen-bond donors (Lipinski definition) is 2. The van der Waals surface area contributed by atoms with Crippen molar-refractivity contribution in [3.05, 3.63) is 68.7 Å². The molecule has 2 N–H and O–H groups in total. The van der Waals surface area contributed by atoms with E-state index in [0.29, 0.717) is 15.6 Å². The van der Waals surface area contributed by atoms with Crippen LogP contribution in [0.25, 0.3) is 0 Å². The minimum absolute atomic E-state index is 0.243. The maximum absolute atomic E-state index is 13.0. The zero-order valence-corrected chi connectivity index (χ0v) is 17.9. The second-order valence-corrected chi connectivity index (χ2v) is 8.13. The van der Waals surface area contributed by atoms with Gasteiger partial charge in [-0.15, -0.1) is 0 Å². The summed E-state index contributed by atoms with van der Waals surface area (Å²) in [6.45, 7) is 2.87. The maximum Gasteiger partial charge on any atom is 0.325 e. The Balaban J connectivity index is 1.75. The molecule has 1 aliphatic heterocycles. The van der Waals surface area contributed by atoms with Crippen LogP contribution in [-0.2, 0) is 15.1 Å². The summed E-state index contributed by atoms with van der Waals surface area (Å²) in [4.78, 5) is 38.7. The second kappa shape index (κ2) is 8.22. The van der Waals surface area contributed by atoms with Crippen LogP contribution in [0.15, 0.2) is 42.5 Å². The molecule has 1 fully saturated rings. The third-order valence-electron chi connectivity index (χ3n) is 4.80. The summed E-state index contributed by atoms with van der Waals surface area (Å²) < 4.78 is 0. The number of rotatable bonds is 5. The third-order valence-corrected chi connectivity index (χ3v) is 5.69. The fraction of sp³-hybridized carbons (Fsp3) is 0.250. The molecule has 0 radical (unpaired) electrons. The molecule has 1 saturated heterocycles. The number of nitrogens with zero attached hydrogens (tertiary/aromatic N) is 1. The fourth-order valence-electron chi connectivity index (χ4n) is 3.25. The topological polar surface area (TPSA) is 78.5 Å². The lowest BCUT2D eigenvalue weighted by atomic mass is 9.92. The van der Waals surface area contributed by atoms with Crippen LogP contribution in [0.5, 0.6) is 0 Å². The lowest BCUT2D eigenvalue weighted by Crippen LogP contribution is -2.43. The lowest BCUT2D eigenvalue weighted by Gasteiger charge is -2.23. The van der Waals surface area contributed by atoms with E-state index < -0.39 is 36.0 Å². The van der Waals surface area contributed by atoms with Crippen LogP contribution in [-0.4, -0.2) is 29.3 Å². The number of urea groups is 1. The molecular weight excluding hydrogens is 437 g/mol. The molecule has 0 bridgehead atoms. The standard InChI is InChI=1S/C20H18Cl3N3O3/c1-11(13-5-3-4-6-15(13)22)24-17(27)10-26-18(28)20(2,25-19(26)29)14-8-7-12(21)9-16(14)23/h3-9,11H,10H2,1-2H3,(H,24,27)(H,25,29). The Morgan fingerprint density at radius 1 is 1.14 bits per heavy atom. The van der Waals surface area contributed by atoms with E-state index in [2.05, 4.69) is 10.6 Å². The molecule has 3 rings (SSSR count). The number of nitrogens with one attached hydrogen (secondary N) is 2. The second-order valence-electron chi connectivity index (χ2n) is 6.88. The molecule has 152 valence electrons. The van der Waals surface area contributed by atoms with Gasteiger partial charge in [0.05, 0.1) is 6.04 Å². The van der Waals surface area contributed by atoms with Gasteiger partial charge in [-0.2, -0.15) is 0 Å². The summed E-state index contributed by atoms with van der Waals surface area (Å²) in [5.74, 6) is -1.07. The minimum Gasteiger partial charge on any atom is -0.348 e. The van der Waals surface area contributed by atoms with Gasteiger partial charge in [-0.05, 0) is 37.6 Å². The van der Waals surface area contributed by atoms with E-state index in [4.69, 9.17) is 34.8 Å². The fourth-order valence-corrected chi connectivity index (χ4v) is 4.15. The Morgan fingerprint density at radius 2 is 1.83 bits per heavy atom. The van der Waals surface area contributed by atoms with Gasteiger partial charge < -0.3 is 10.6 Å². The van der Waals surface area contributed by atoms with Gasteiger partial charge in [-0.1, -0.05) is 59.1 Å². The predicted molar refractivity (Wildman–Crippen MR) is 112 cm³/mol. The number of imide groups is 1. The van der Waals surface area contributed by atoms with Crippen LogP contribution in [0.3, 0.4) is 0 Å². The number of benzene rings is 2. The van der Waals surface area contributed by atoms with Crippen LogP contribution >= 0.6 is 34.8 Å². The van der Waals surface area contributed by atoms with E-state index in [0.717, 1.165) is 10.5 Å². The SMILES string of the molecule is CC(NC(=O)CN1C(=O)NC(C)(c2ccc(Cl)cc2Cl)C1=O)c1ccccc1Cl. The molecule has 29 heavy (non-hydrogen) atoms. The average molecular weight is 455 g/mol. The Labute approximate surface area is 183 Å². The van der Waals surface area contributed by atoms with Crippen LogP contribution in [0, 0.1) is 0 Å². The molecule has 0 saturated carbocycles. The molecule has 2 aromatic carbocycles. The molecule has 0 aromatic heterocycles. The highest BCUT2D eigenvalue weighted by atomic mass is 35.5. The molecule has 2 unspecified atom stereocenters. The van der Waals surface area contributed by atoms with E-state index in [-0.39, 0.29) is 5.02 Å². The van der Waals surface area contributed by atoms with E-state index in [1.54, 1.807) is 37.3 Å². The summed E-state index contributed by atoms with van der Waals surface area (Å²) in [6, 6.07) is 10.7. The van der Waals surface area contributed by atoms with Gasteiger partial charge >= 0.3 is 6.03 Å². The number of hydrogen-bond acceptors (Lipinski definition) is 3. The highest BCUT2D eigenvalue weighted by Gasteiger charge is 2.50.